The van der Waals surface area contributed by atoms with Crippen molar-refractivity contribution in [1.29, 1.82) is 0 Å². The van der Waals surface area contributed by atoms with Crippen molar-refractivity contribution in [2.75, 3.05) is 13.1 Å². The number of rotatable bonds is 8. The van der Waals surface area contributed by atoms with E-state index in [0.29, 0.717) is 13.1 Å². The van der Waals surface area contributed by atoms with Crippen molar-refractivity contribution in [2.24, 2.45) is 0 Å². The van der Waals surface area contributed by atoms with Gasteiger partial charge >= 0.3 is 11.8 Å². The van der Waals surface area contributed by atoms with Crippen molar-refractivity contribution in [3.63, 3.8) is 0 Å². The molecule has 0 bridgehead atoms. The molecule has 0 saturated heterocycles. The number of amides is 2. The zero-order valence-electron chi connectivity index (χ0n) is 16.6. The highest BCUT2D eigenvalue weighted by atomic mass is 16.2. The first-order valence-electron chi connectivity index (χ1n) is 10.3. The number of nitrogens with one attached hydrogen (secondary N) is 1. The van der Waals surface area contributed by atoms with Gasteiger partial charge in [0.2, 0.25) is 0 Å². The van der Waals surface area contributed by atoms with Gasteiger partial charge in [0, 0.05) is 13.1 Å². The molecule has 0 heterocycles. The number of hydrogen-bond donors (Lipinski definition) is 1. The number of benzene rings is 1. The molecular weight excluding hydrogens is 324 g/mol. The fraction of sp³-hybridized carbons (Fsp3) is 0.636. The summed E-state index contributed by atoms with van der Waals surface area (Å²) in [6.45, 7) is 7.48. The Kier molecular flexibility index (Phi) is 8.14. The fourth-order valence-corrected chi connectivity index (χ4v) is 3.52. The topological polar surface area (TPSA) is 49.4 Å². The van der Waals surface area contributed by atoms with Crippen molar-refractivity contribution in [3.8, 4) is 0 Å². The first-order valence-corrected chi connectivity index (χ1v) is 10.3. The second kappa shape index (κ2) is 10.3. The van der Waals surface area contributed by atoms with Gasteiger partial charge in [0.05, 0.1) is 6.04 Å². The molecule has 0 radical (unpaired) electrons. The Bertz CT molecular complexity index is 604. The van der Waals surface area contributed by atoms with E-state index in [1.54, 1.807) is 4.90 Å². The zero-order valence-corrected chi connectivity index (χ0v) is 16.6. The lowest BCUT2D eigenvalue weighted by atomic mass is 9.89. The summed E-state index contributed by atoms with van der Waals surface area (Å²) in [6, 6.07) is 6.32. The summed E-state index contributed by atoms with van der Waals surface area (Å²) >= 11 is 0. The van der Waals surface area contributed by atoms with Gasteiger partial charge in [0.1, 0.15) is 0 Å². The lowest BCUT2D eigenvalue weighted by molar-refractivity contribution is -0.146. The molecule has 2 rings (SSSR count). The van der Waals surface area contributed by atoms with Crippen LogP contribution in [-0.2, 0) is 22.4 Å². The average molecular weight is 359 g/mol. The Morgan fingerprint density at radius 3 is 2.27 bits per heavy atom. The number of hydrogen-bond acceptors (Lipinski definition) is 2. The van der Waals surface area contributed by atoms with E-state index >= 15 is 0 Å². The lowest BCUT2D eigenvalue weighted by Crippen LogP contribution is -2.44. The first-order chi connectivity index (χ1) is 12.6. The van der Waals surface area contributed by atoms with Crippen molar-refractivity contribution in [2.45, 2.75) is 78.2 Å². The smallest absolute Gasteiger partial charge is 0.311 e. The van der Waals surface area contributed by atoms with Crippen LogP contribution in [0.5, 0.6) is 0 Å². The molecule has 1 unspecified atom stereocenters. The van der Waals surface area contributed by atoms with E-state index in [0.717, 1.165) is 44.1 Å². The molecule has 4 nitrogen and oxygen atoms in total. The SMILES string of the molecule is CCCCN(CCCC)C(=O)C(=O)NC(C)c1ccc2c(c1)CCCC2. The number of fused-ring (bicyclic) bond motifs is 1. The van der Waals surface area contributed by atoms with Crippen LogP contribution >= 0.6 is 0 Å². The molecule has 0 aromatic heterocycles. The molecule has 26 heavy (non-hydrogen) atoms. The van der Waals surface area contributed by atoms with E-state index in [2.05, 4.69) is 37.4 Å². The summed E-state index contributed by atoms with van der Waals surface area (Å²) < 4.78 is 0. The maximum atomic E-state index is 12.6. The summed E-state index contributed by atoms with van der Waals surface area (Å²) in [4.78, 5) is 26.8. The molecule has 0 spiro atoms. The number of carbonyl (C=O) groups is 2. The van der Waals surface area contributed by atoms with E-state index in [4.69, 9.17) is 0 Å². The summed E-state index contributed by atoms with van der Waals surface area (Å²) in [5.74, 6) is -0.876. The van der Waals surface area contributed by atoms with Crippen LogP contribution in [0.15, 0.2) is 18.2 Å². The quantitative estimate of drug-likeness (QED) is 0.709. The molecule has 1 aromatic carbocycles. The second-order valence-corrected chi connectivity index (χ2v) is 7.43. The molecule has 4 heteroatoms. The minimum atomic E-state index is -0.484. The predicted octanol–water partition coefficient (Wildman–Crippen LogP) is 4.17. The van der Waals surface area contributed by atoms with E-state index in [9.17, 15) is 9.59 Å². The Balaban J connectivity index is 1.98. The maximum Gasteiger partial charge on any atom is 0.311 e. The minimum Gasteiger partial charge on any atom is -0.341 e. The normalized spacial score (nSPS) is 14.4. The highest BCUT2D eigenvalue weighted by Gasteiger charge is 2.23. The Morgan fingerprint density at radius 2 is 1.65 bits per heavy atom. The summed E-state index contributed by atoms with van der Waals surface area (Å²) in [5.41, 5.74) is 3.91. The predicted molar refractivity (Wildman–Crippen MR) is 106 cm³/mol. The van der Waals surface area contributed by atoms with Crippen molar-refractivity contribution >= 4 is 11.8 Å². The van der Waals surface area contributed by atoms with Crippen LogP contribution in [0.4, 0.5) is 0 Å². The average Bonchev–Trinajstić information content (AvgIpc) is 2.67. The van der Waals surface area contributed by atoms with Crippen molar-refractivity contribution < 1.29 is 9.59 Å². The Labute approximate surface area is 158 Å². The van der Waals surface area contributed by atoms with E-state index < -0.39 is 11.8 Å². The van der Waals surface area contributed by atoms with Crippen LogP contribution in [0.2, 0.25) is 0 Å². The van der Waals surface area contributed by atoms with Crippen molar-refractivity contribution in [3.05, 3.63) is 34.9 Å². The number of carbonyl (C=O) groups excluding carboxylic acids is 2. The molecule has 2 amide bonds. The summed E-state index contributed by atoms with van der Waals surface area (Å²) in [7, 11) is 0. The standard InChI is InChI=1S/C22H34N2O2/c1-4-6-14-24(15-7-5-2)22(26)21(25)23-17(3)19-13-12-18-10-8-9-11-20(18)16-19/h12-13,16-17H,4-11,14-15H2,1-3H3,(H,23,25). The van der Waals surface area contributed by atoms with Gasteiger partial charge in [-0.25, -0.2) is 0 Å². The van der Waals surface area contributed by atoms with Crippen LogP contribution < -0.4 is 5.32 Å². The second-order valence-electron chi connectivity index (χ2n) is 7.43. The van der Waals surface area contributed by atoms with Gasteiger partial charge in [0.25, 0.3) is 0 Å². The molecule has 0 aliphatic heterocycles. The van der Waals surface area contributed by atoms with Gasteiger partial charge in [0.15, 0.2) is 0 Å². The third-order valence-electron chi connectivity index (χ3n) is 5.26. The largest absolute Gasteiger partial charge is 0.341 e. The van der Waals surface area contributed by atoms with Crippen LogP contribution in [0, 0.1) is 0 Å². The molecule has 1 aromatic rings. The Morgan fingerprint density at radius 1 is 1.04 bits per heavy atom. The number of nitrogens with zero attached hydrogens (tertiary/aromatic N) is 1. The van der Waals surface area contributed by atoms with Crippen LogP contribution in [0.1, 0.15) is 82.0 Å². The van der Waals surface area contributed by atoms with Gasteiger partial charge in [-0.15, -0.1) is 0 Å². The van der Waals surface area contributed by atoms with Crippen LogP contribution in [0.3, 0.4) is 0 Å². The zero-order chi connectivity index (χ0) is 18.9. The number of aryl methyl sites for hydroxylation is 2. The van der Waals surface area contributed by atoms with Gasteiger partial charge in [-0.05, 0) is 62.1 Å². The molecule has 1 N–H and O–H groups in total. The molecule has 0 fully saturated rings. The van der Waals surface area contributed by atoms with Gasteiger partial charge in [-0.3, -0.25) is 9.59 Å². The Hall–Kier alpha value is -1.84. The van der Waals surface area contributed by atoms with Gasteiger partial charge in [-0.1, -0.05) is 44.9 Å². The minimum absolute atomic E-state index is 0.155. The highest BCUT2D eigenvalue weighted by molar-refractivity contribution is 6.35. The molecule has 1 aliphatic rings. The third-order valence-corrected chi connectivity index (χ3v) is 5.26. The molecule has 0 saturated carbocycles. The molecule has 1 aliphatic carbocycles. The summed E-state index contributed by atoms with van der Waals surface area (Å²) in [5, 5.41) is 2.91. The van der Waals surface area contributed by atoms with Crippen molar-refractivity contribution in [1.82, 2.24) is 10.2 Å². The van der Waals surface area contributed by atoms with Crippen LogP contribution in [-0.4, -0.2) is 29.8 Å². The van der Waals surface area contributed by atoms with E-state index in [1.165, 1.54) is 24.0 Å². The van der Waals surface area contributed by atoms with E-state index in [-0.39, 0.29) is 6.04 Å². The molecule has 1 atom stereocenters. The molecular formula is C22H34N2O2. The van der Waals surface area contributed by atoms with Gasteiger partial charge in [-0.2, -0.15) is 0 Å². The third kappa shape index (κ3) is 5.58. The number of unbranched alkanes of at least 4 members (excludes halogenated alkanes) is 2. The van der Waals surface area contributed by atoms with Crippen LogP contribution in [0.25, 0.3) is 0 Å². The van der Waals surface area contributed by atoms with E-state index in [1.807, 2.05) is 6.92 Å². The molecule has 144 valence electrons. The monoisotopic (exact) mass is 358 g/mol. The maximum absolute atomic E-state index is 12.6. The fourth-order valence-electron chi connectivity index (χ4n) is 3.52. The highest BCUT2D eigenvalue weighted by Crippen LogP contribution is 2.24. The summed E-state index contributed by atoms with van der Waals surface area (Å²) in [6.07, 6.45) is 8.67. The van der Waals surface area contributed by atoms with Gasteiger partial charge < -0.3 is 10.2 Å². The first kappa shape index (κ1) is 20.5. The lowest BCUT2D eigenvalue weighted by Gasteiger charge is -2.24.